The van der Waals surface area contributed by atoms with Gasteiger partial charge in [0, 0.05) is 19.2 Å². The fourth-order valence-corrected chi connectivity index (χ4v) is 1.66. The van der Waals surface area contributed by atoms with Crippen LogP contribution in [0.2, 0.25) is 0 Å². The van der Waals surface area contributed by atoms with Gasteiger partial charge in [-0.25, -0.2) is 4.98 Å². The van der Waals surface area contributed by atoms with E-state index in [1.165, 1.54) is 0 Å². The number of hydrogen-bond donors (Lipinski definition) is 1. The second kappa shape index (κ2) is 6.66. The minimum atomic E-state index is 0.178. The normalized spacial score (nSPS) is 12.5. The van der Waals surface area contributed by atoms with E-state index in [2.05, 4.69) is 15.3 Å². The molecule has 0 aliphatic rings. The minimum absolute atomic E-state index is 0.178. The largest absolute Gasteiger partial charge is 0.383 e. The summed E-state index contributed by atoms with van der Waals surface area (Å²) in [6.07, 6.45) is 2.60. The Morgan fingerprint density at radius 1 is 1.50 bits per heavy atom. The first kappa shape index (κ1) is 13.2. The monoisotopic (exact) mass is 243 g/mol. The van der Waals surface area contributed by atoms with Crippen LogP contribution in [0.15, 0.2) is 6.20 Å². The first-order chi connectivity index (χ1) is 7.67. The molecule has 1 atom stereocenters. The topological polar surface area (TPSA) is 47.0 Å². The van der Waals surface area contributed by atoms with Gasteiger partial charge in [0.2, 0.25) is 0 Å². The smallest absolute Gasteiger partial charge is 0.148 e. The van der Waals surface area contributed by atoms with E-state index in [1.807, 2.05) is 13.8 Å². The van der Waals surface area contributed by atoms with E-state index >= 15 is 0 Å². The van der Waals surface area contributed by atoms with E-state index in [1.54, 1.807) is 13.3 Å². The highest BCUT2D eigenvalue weighted by Crippen LogP contribution is 2.12. The zero-order valence-corrected chi connectivity index (χ0v) is 10.7. The summed E-state index contributed by atoms with van der Waals surface area (Å²) < 4.78 is 5.13. The summed E-state index contributed by atoms with van der Waals surface area (Å²) in [5.41, 5.74) is 1.79. The van der Waals surface area contributed by atoms with Gasteiger partial charge in [-0.05, 0) is 20.3 Å². The third-order valence-corrected chi connectivity index (χ3v) is 2.46. The van der Waals surface area contributed by atoms with Crippen LogP contribution < -0.4 is 5.32 Å². The lowest BCUT2D eigenvalue weighted by atomic mass is 10.2. The number of ether oxygens (including phenoxy) is 1. The zero-order chi connectivity index (χ0) is 12.0. The van der Waals surface area contributed by atoms with Crippen LogP contribution in [0, 0.1) is 13.8 Å². The standard InChI is InChI=1S/C11H18ClN3O/c1-8-6-13-9(2)11(14-8)15-10(4-5-12)7-16-3/h6,10H,4-5,7H2,1-3H3,(H,14,15). The Bertz CT molecular complexity index is 327. The molecule has 0 spiro atoms. The molecule has 0 aromatic carbocycles. The van der Waals surface area contributed by atoms with Gasteiger partial charge in [0.05, 0.1) is 24.0 Å². The molecular formula is C11H18ClN3O. The number of methoxy groups -OCH3 is 1. The summed E-state index contributed by atoms with van der Waals surface area (Å²) in [7, 11) is 1.68. The van der Waals surface area contributed by atoms with Crippen molar-refractivity contribution in [3.8, 4) is 0 Å². The molecule has 1 unspecified atom stereocenters. The molecule has 4 nitrogen and oxygen atoms in total. The second-order valence-corrected chi connectivity index (χ2v) is 4.10. The van der Waals surface area contributed by atoms with Gasteiger partial charge in [-0.15, -0.1) is 11.6 Å². The van der Waals surface area contributed by atoms with Crippen molar-refractivity contribution < 1.29 is 4.74 Å². The Morgan fingerprint density at radius 2 is 2.25 bits per heavy atom. The molecule has 5 heteroatoms. The number of nitrogens with one attached hydrogen (secondary N) is 1. The SMILES string of the molecule is COCC(CCCl)Nc1nc(C)cnc1C. The van der Waals surface area contributed by atoms with Gasteiger partial charge in [0.15, 0.2) is 0 Å². The van der Waals surface area contributed by atoms with Gasteiger partial charge in [-0.2, -0.15) is 0 Å². The number of anilines is 1. The molecule has 1 N–H and O–H groups in total. The number of aromatic nitrogens is 2. The lowest BCUT2D eigenvalue weighted by molar-refractivity contribution is 0.184. The van der Waals surface area contributed by atoms with Crippen LogP contribution in [0.5, 0.6) is 0 Å². The van der Waals surface area contributed by atoms with Crippen molar-refractivity contribution in [2.75, 3.05) is 24.9 Å². The molecule has 1 rings (SSSR count). The highest BCUT2D eigenvalue weighted by atomic mass is 35.5. The minimum Gasteiger partial charge on any atom is -0.383 e. The van der Waals surface area contributed by atoms with Gasteiger partial charge in [0.1, 0.15) is 5.82 Å². The summed E-state index contributed by atoms with van der Waals surface area (Å²) in [4.78, 5) is 8.66. The van der Waals surface area contributed by atoms with Crippen molar-refractivity contribution in [3.05, 3.63) is 17.6 Å². The van der Waals surface area contributed by atoms with Crippen molar-refractivity contribution in [2.24, 2.45) is 0 Å². The van der Waals surface area contributed by atoms with Gasteiger partial charge in [-0.1, -0.05) is 0 Å². The molecule has 0 aliphatic carbocycles. The van der Waals surface area contributed by atoms with Gasteiger partial charge < -0.3 is 10.1 Å². The van der Waals surface area contributed by atoms with Crippen LogP contribution in [0.4, 0.5) is 5.82 Å². The molecule has 90 valence electrons. The van der Waals surface area contributed by atoms with Crippen molar-refractivity contribution in [1.82, 2.24) is 9.97 Å². The Morgan fingerprint density at radius 3 is 2.88 bits per heavy atom. The maximum absolute atomic E-state index is 5.74. The van der Waals surface area contributed by atoms with Crippen LogP contribution in [0.1, 0.15) is 17.8 Å². The predicted octanol–water partition coefficient (Wildman–Crippen LogP) is 2.15. The molecule has 0 amide bonds. The molecule has 0 bridgehead atoms. The molecule has 1 aromatic rings. The number of rotatable bonds is 6. The van der Waals surface area contributed by atoms with Crippen LogP contribution >= 0.6 is 11.6 Å². The van der Waals surface area contributed by atoms with Crippen LogP contribution in [-0.2, 0) is 4.74 Å². The summed E-state index contributed by atoms with van der Waals surface area (Å²) in [6.45, 7) is 4.46. The lowest BCUT2D eigenvalue weighted by Crippen LogP contribution is -2.26. The van der Waals surface area contributed by atoms with Crippen molar-refractivity contribution in [3.63, 3.8) is 0 Å². The van der Waals surface area contributed by atoms with Crippen LogP contribution in [0.25, 0.3) is 0 Å². The lowest BCUT2D eigenvalue weighted by Gasteiger charge is -2.18. The molecule has 0 saturated heterocycles. The third-order valence-electron chi connectivity index (χ3n) is 2.24. The number of aryl methyl sites for hydroxylation is 2. The Balaban J connectivity index is 2.71. The molecule has 0 fully saturated rings. The molecular weight excluding hydrogens is 226 g/mol. The molecule has 0 saturated carbocycles. The Kier molecular flexibility index (Phi) is 5.49. The Labute approximate surface area is 101 Å². The maximum atomic E-state index is 5.74. The summed E-state index contributed by atoms with van der Waals surface area (Å²) in [5, 5.41) is 3.31. The quantitative estimate of drug-likeness (QED) is 0.778. The van der Waals surface area contributed by atoms with Gasteiger partial charge >= 0.3 is 0 Å². The van der Waals surface area contributed by atoms with E-state index in [0.717, 1.165) is 23.6 Å². The molecule has 16 heavy (non-hydrogen) atoms. The molecule has 1 heterocycles. The van der Waals surface area contributed by atoms with Gasteiger partial charge in [0.25, 0.3) is 0 Å². The van der Waals surface area contributed by atoms with Crippen molar-refractivity contribution in [1.29, 1.82) is 0 Å². The first-order valence-corrected chi connectivity index (χ1v) is 5.82. The molecule has 0 aliphatic heterocycles. The average Bonchev–Trinajstić information content (AvgIpc) is 2.24. The van der Waals surface area contributed by atoms with Crippen LogP contribution in [0.3, 0.4) is 0 Å². The molecule has 0 radical (unpaired) electrons. The number of halogens is 1. The summed E-state index contributed by atoms with van der Waals surface area (Å²) in [5.74, 6) is 1.41. The zero-order valence-electron chi connectivity index (χ0n) is 9.96. The third kappa shape index (κ3) is 3.94. The van der Waals surface area contributed by atoms with Crippen LogP contribution in [-0.4, -0.2) is 35.6 Å². The number of hydrogen-bond acceptors (Lipinski definition) is 4. The highest BCUT2D eigenvalue weighted by molar-refractivity contribution is 6.17. The van der Waals surface area contributed by atoms with Crippen molar-refractivity contribution in [2.45, 2.75) is 26.3 Å². The predicted molar refractivity (Wildman–Crippen MR) is 66.1 cm³/mol. The summed E-state index contributed by atoms with van der Waals surface area (Å²) >= 11 is 5.74. The fraction of sp³-hybridized carbons (Fsp3) is 0.636. The highest BCUT2D eigenvalue weighted by Gasteiger charge is 2.10. The Hall–Kier alpha value is -0.870. The van der Waals surface area contributed by atoms with E-state index in [4.69, 9.17) is 16.3 Å². The maximum Gasteiger partial charge on any atom is 0.148 e. The van der Waals surface area contributed by atoms with Gasteiger partial charge in [-0.3, -0.25) is 4.98 Å². The summed E-state index contributed by atoms with van der Waals surface area (Å²) in [6, 6.07) is 0.178. The van der Waals surface area contributed by atoms with E-state index < -0.39 is 0 Å². The number of nitrogens with zero attached hydrogens (tertiary/aromatic N) is 2. The first-order valence-electron chi connectivity index (χ1n) is 5.29. The van der Waals surface area contributed by atoms with Crippen molar-refractivity contribution >= 4 is 17.4 Å². The average molecular weight is 244 g/mol. The fourth-order valence-electron chi connectivity index (χ4n) is 1.40. The van der Waals surface area contributed by atoms with E-state index in [-0.39, 0.29) is 6.04 Å². The number of alkyl halides is 1. The van der Waals surface area contributed by atoms with E-state index in [9.17, 15) is 0 Å². The molecule has 1 aromatic heterocycles. The second-order valence-electron chi connectivity index (χ2n) is 3.72. The van der Waals surface area contributed by atoms with E-state index in [0.29, 0.717) is 12.5 Å².